The van der Waals surface area contributed by atoms with Crippen molar-refractivity contribution in [2.75, 3.05) is 13.2 Å². The number of benzene rings is 1. The third kappa shape index (κ3) is 16.7. The molecule has 0 fully saturated rings. The van der Waals surface area contributed by atoms with Gasteiger partial charge in [-0.1, -0.05) is 72.2 Å². The molecule has 2 heteroatoms. The second-order valence-corrected chi connectivity index (χ2v) is 3.42. The van der Waals surface area contributed by atoms with Gasteiger partial charge in [-0.25, -0.2) is 0 Å². The summed E-state index contributed by atoms with van der Waals surface area (Å²) in [5.41, 5.74) is 6.48. The van der Waals surface area contributed by atoms with Crippen LogP contribution in [-0.2, 0) is 0 Å². The normalized spacial score (nSPS) is 8.40. The molecule has 0 bridgehead atoms. The fourth-order valence-corrected chi connectivity index (χ4v) is 1.08. The molecule has 0 saturated carbocycles. The number of nitrogens with two attached hydrogens (primary N) is 1. The molecule has 0 saturated heterocycles. The van der Waals surface area contributed by atoms with E-state index in [2.05, 4.69) is 13.8 Å². The van der Waals surface area contributed by atoms with Gasteiger partial charge in [0.2, 0.25) is 0 Å². The van der Waals surface area contributed by atoms with Crippen LogP contribution in [0.25, 0.3) is 6.08 Å². The second-order valence-electron chi connectivity index (χ2n) is 3.42. The van der Waals surface area contributed by atoms with Crippen LogP contribution < -0.4 is 10.5 Å². The summed E-state index contributed by atoms with van der Waals surface area (Å²) in [6.45, 7) is 15.4. The predicted molar refractivity (Wildman–Crippen MR) is 96.5 cm³/mol. The van der Waals surface area contributed by atoms with E-state index in [1.165, 1.54) is 6.42 Å². The zero-order chi connectivity index (χ0) is 16.2. The largest absolute Gasteiger partial charge is 0.492 e. The number of allylic oxidation sites excluding steroid dienone is 1. The van der Waals surface area contributed by atoms with Crippen molar-refractivity contribution in [1.82, 2.24) is 0 Å². The van der Waals surface area contributed by atoms with Crippen LogP contribution in [0.3, 0.4) is 0 Å². The number of hydrogen-bond acceptors (Lipinski definition) is 2. The van der Waals surface area contributed by atoms with Crippen LogP contribution in [0.1, 0.15) is 61.9 Å². The lowest BCUT2D eigenvalue weighted by atomic mass is 10.2. The molecule has 1 rings (SSSR count). The van der Waals surface area contributed by atoms with Crippen molar-refractivity contribution in [2.45, 2.75) is 54.9 Å². The minimum absolute atomic E-state index is 0. The Labute approximate surface area is 128 Å². The van der Waals surface area contributed by atoms with Gasteiger partial charge in [0.15, 0.2) is 0 Å². The SMILES string of the molecule is C/C=C/c1cccc(OCCN)c1.CC.CC.CCC.[HH]. The summed E-state index contributed by atoms with van der Waals surface area (Å²) in [4.78, 5) is 0. The molecule has 0 aliphatic rings. The zero-order valence-electron chi connectivity index (χ0n) is 14.6. The molecule has 0 radical (unpaired) electrons. The maximum Gasteiger partial charge on any atom is 0.119 e. The van der Waals surface area contributed by atoms with Crippen LogP contribution in [0.2, 0.25) is 0 Å². The van der Waals surface area contributed by atoms with Gasteiger partial charge in [-0.15, -0.1) is 0 Å². The molecule has 0 atom stereocenters. The van der Waals surface area contributed by atoms with Crippen molar-refractivity contribution in [3.05, 3.63) is 35.9 Å². The highest BCUT2D eigenvalue weighted by molar-refractivity contribution is 5.51. The summed E-state index contributed by atoms with van der Waals surface area (Å²) >= 11 is 0. The maximum absolute atomic E-state index is 5.38. The highest BCUT2D eigenvalue weighted by atomic mass is 16.5. The zero-order valence-corrected chi connectivity index (χ0v) is 14.6. The molecular weight excluding hydrogens is 246 g/mol. The van der Waals surface area contributed by atoms with Gasteiger partial charge in [0.05, 0.1) is 0 Å². The van der Waals surface area contributed by atoms with E-state index in [1.54, 1.807) is 0 Å². The Morgan fingerprint density at radius 1 is 1.15 bits per heavy atom. The summed E-state index contributed by atoms with van der Waals surface area (Å²) in [6.07, 6.45) is 5.29. The molecule has 120 valence electrons. The Morgan fingerprint density at radius 3 is 2.15 bits per heavy atom. The van der Waals surface area contributed by atoms with Gasteiger partial charge in [0, 0.05) is 7.97 Å². The standard InChI is InChI=1S/C11H15NO.C3H8.2C2H6.H2/c1-2-4-10-5-3-6-11(9-10)13-8-7-12;1-3-2;2*1-2;/h2-6,9H,7-8,12H2,1H3;3H2,1-2H3;2*1-2H3;1H/b4-2+;;;;. The van der Waals surface area contributed by atoms with Gasteiger partial charge in [0.1, 0.15) is 12.4 Å². The molecule has 0 unspecified atom stereocenters. The van der Waals surface area contributed by atoms with E-state index in [-0.39, 0.29) is 1.43 Å². The van der Waals surface area contributed by atoms with Crippen molar-refractivity contribution < 1.29 is 6.16 Å². The Kier molecular flexibility index (Phi) is 27.2. The van der Waals surface area contributed by atoms with E-state index in [0.717, 1.165) is 11.3 Å². The smallest absolute Gasteiger partial charge is 0.119 e. The van der Waals surface area contributed by atoms with Crippen molar-refractivity contribution in [3.63, 3.8) is 0 Å². The van der Waals surface area contributed by atoms with Gasteiger partial charge >= 0.3 is 0 Å². The predicted octanol–water partition coefficient (Wildman–Crippen LogP) is 5.77. The summed E-state index contributed by atoms with van der Waals surface area (Å²) in [6, 6.07) is 7.94. The van der Waals surface area contributed by atoms with Crippen molar-refractivity contribution in [1.29, 1.82) is 0 Å². The monoisotopic (exact) mass is 283 g/mol. The van der Waals surface area contributed by atoms with Gasteiger partial charge in [-0.2, -0.15) is 0 Å². The molecule has 2 N–H and O–H groups in total. The molecule has 0 aliphatic carbocycles. The number of hydrogen-bond donors (Lipinski definition) is 1. The van der Waals surface area contributed by atoms with Crippen LogP contribution in [0.5, 0.6) is 5.75 Å². The number of ether oxygens (including phenoxy) is 1. The number of rotatable bonds is 4. The summed E-state index contributed by atoms with van der Waals surface area (Å²) in [5.74, 6) is 0.876. The van der Waals surface area contributed by atoms with Crippen molar-refractivity contribution in [2.24, 2.45) is 5.73 Å². The Bertz CT molecular complexity index is 301. The maximum atomic E-state index is 5.38. The van der Waals surface area contributed by atoms with E-state index in [1.807, 2.05) is 71.0 Å². The van der Waals surface area contributed by atoms with Crippen LogP contribution in [0, 0.1) is 0 Å². The van der Waals surface area contributed by atoms with Crippen LogP contribution in [0.15, 0.2) is 30.3 Å². The molecule has 1 aromatic carbocycles. The highest BCUT2D eigenvalue weighted by Crippen LogP contribution is 2.13. The molecule has 0 aliphatic heterocycles. The quantitative estimate of drug-likeness (QED) is 0.761. The van der Waals surface area contributed by atoms with E-state index in [0.29, 0.717) is 13.2 Å². The first-order chi connectivity index (χ1) is 9.78. The Balaban J connectivity index is -0.000000157. The van der Waals surface area contributed by atoms with Gasteiger partial charge in [-0.3, -0.25) is 0 Å². The molecular formula is C18H37NO. The lowest BCUT2D eigenvalue weighted by Crippen LogP contribution is -2.10. The molecule has 0 aromatic heterocycles. The average Bonchev–Trinajstić information content (AvgIpc) is 2.51. The molecule has 2 nitrogen and oxygen atoms in total. The van der Waals surface area contributed by atoms with Crippen molar-refractivity contribution in [3.8, 4) is 5.75 Å². The summed E-state index contributed by atoms with van der Waals surface area (Å²) in [5, 5.41) is 0. The van der Waals surface area contributed by atoms with E-state index >= 15 is 0 Å². The van der Waals surface area contributed by atoms with Crippen LogP contribution in [0.4, 0.5) is 0 Å². The second kappa shape index (κ2) is 22.9. The highest BCUT2D eigenvalue weighted by Gasteiger charge is 1.92. The van der Waals surface area contributed by atoms with E-state index in [4.69, 9.17) is 10.5 Å². The summed E-state index contributed by atoms with van der Waals surface area (Å²) in [7, 11) is 0. The minimum atomic E-state index is 0. The third-order valence-corrected chi connectivity index (χ3v) is 1.60. The fraction of sp³-hybridized carbons (Fsp3) is 0.556. The third-order valence-electron chi connectivity index (χ3n) is 1.60. The minimum Gasteiger partial charge on any atom is -0.492 e. The summed E-state index contributed by atoms with van der Waals surface area (Å²) < 4.78 is 5.38. The van der Waals surface area contributed by atoms with E-state index < -0.39 is 0 Å². The first kappa shape index (κ1) is 23.8. The van der Waals surface area contributed by atoms with Gasteiger partial charge in [-0.05, 0) is 24.6 Å². The molecule has 0 heterocycles. The van der Waals surface area contributed by atoms with Crippen molar-refractivity contribution >= 4 is 6.08 Å². The molecule has 0 amide bonds. The average molecular weight is 283 g/mol. The van der Waals surface area contributed by atoms with Crippen LogP contribution >= 0.6 is 0 Å². The molecule has 0 spiro atoms. The first-order valence-corrected chi connectivity index (χ1v) is 7.84. The topological polar surface area (TPSA) is 35.2 Å². The lowest BCUT2D eigenvalue weighted by molar-refractivity contribution is 0.328. The lowest BCUT2D eigenvalue weighted by Gasteiger charge is -2.04. The first-order valence-electron chi connectivity index (χ1n) is 7.84. The van der Waals surface area contributed by atoms with Gasteiger partial charge in [0.25, 0.3) is 0 Å². The van der Waals surface area contributed by atoms with E-state index in [9.17, 15) is 0 Å². The molecule has 20 heavy (non-hydrogen) atoms. The Hall–Kier alpha value is -1.28. The fourth-order valence-electron chi connectivity index (χ4n) is 1.08. The van der Waals surface area contributed by atoms with Gasteiger partial charge < -0.3 is 10.5 Å². The Morgan fingerprint density at radius 2 is 1.70 bits per heavy atom. The van der Waals surface area contributed by atoms with Crippen LogP contribution in [-0.4, -0.2) is 13.2 Å². The molecule has 1 aromatic rings.